The van der Waals surface area contributed by atoms with Gasteiger partial charge in [0.25, 0.3) is 0 Å². The minimum Gasteiger partial charge on any atom is -0.317 e. The Morgan fingerprint density at radius 1 is 0.765 bits per heavy atom. The van der Waals surface area contributed by atoms with Gasteiger partial charge in [0.05, 0.1) is 6.54 Å². The van der Waals surface area contributed by atoms with E-state index in [4.69, 9.17) is 0 Å². The molecule has 0 amide bonds. The van der Waals surface area contributed by atoms with Crippen LogP contribution in [0.25, 0.3) is 0 Å². The molecule has 0 radical (unpaired) electrons. The minimum absolute atomic E-state index is 0.506. The molecule has 0 spiro atoms. The summed E-state index contributed by atoms with van der Waals surface area (Å²) < 4.78 is 0. The van der Waals surface area contributed by atoms with Crippen molar-refractivity contribution in [2.75, 3.05) is 19.6 Å². The minimum atomic E-state index is 0.506. The number of unbranched alkanes of at least 4 members (excludes halogenated alkanes) is 9. The molecule has 0 bridgehead atoms. The Hall–Kier alpha value is -0.440. The number of hydrogen-bond acceptors (Lipinski definition) is 3. The Morgan fingerprint density at radius 3 is 1.71 bits per heavy atom. The lowest BCUT2D eigenvalue weighted by Crippen LogP contribution is -2.13. The normalized spacial score (nSPS) is 10.6. The monoisotopic (exact) mass is 242 g/mol. The van der Waals surface area contributed by atoms with E-state index in [1.807, 2.05) is 0 Å². The maximum atomic E-state index is 9.85. The molecule has 3 heteroatoms. The second kappa shape index (κ2) is 15.6. The highest BCUT2D eigenvalue weighted by molar-refractivity contribution is 4.50. The first kappa shape index (κ1) is 16.6. The summed E-state index contributed by atoms with van der Waals surface area (Å²) in [7, 11) is 0. The first-order valence-corrected chi connectivity index (χ1v) is 7.41. The summed E-state index contributed by atoms with van der Waals surface area (Å²) in [4.78, 5) is 9.85. The second-order valence-corrected chi connectivity index (χ2v) is 4.74. The highest BCUT2D eigenvalue weighted by Crippen LogP contribution is 2.10. The third kappa shape index (κ3) is 15.6. The lowest BCUT2D eigenvalue weighted by Gasteiger charge is -2.02. The van der Waals surface area contributed by atoms with Gasteiger partial charge in [-0.05, 0) is 25.9 Å². The summed E-state index contributed by atoms with van der Waals surface area (Å²) in [5.41, 5.74) is 0. The van der Waals surface area contributed by atoms with Crippen LogP contribution in [-0.2, 0) is 0 Å². The fraction of sp³-hybridized carbons (Fsp3) is 1.00. The summed E-state index contributed by atoms with van der Waals surface area (Å²) in [5.74, 6) is 0. The largest absolute Gasteiger partial charge is 0.317 e. The van der Waals surface area contributed by atoms with Gasteiger partial charge in [0.15, 0.2) is 0 Å². The van der Waals surface area contributed by atoms with Crippen LogP contribution in [0.15, 0.2) is 5.18 Å². The zero-order valence-electron chi connectivity index (χ0n) is 11.5. The first-order chi connectivity index (χ1) is 8.41. The van der Waals surface area contributed by atoms with E-state index < -0.39 is 0 Å². The second-order valence-electron chi connectivity index (χ2n) is 4.74. The van der Waals surface area contributed by atoms with Gasteiger partial charge in [0, 0.05) is 0 Å². The molecular formula is C14H30N2O. The summed E-state index contributed by atoms with van der Waals surface area (Å²) in [5, 5.41) is 6.22. The topological polar surface area (TPSA) is 41.5 Å². The van der Waals surface area contributed by atoms with Crippen LogP contribution in [0.5, 0.6) is 0 Å². The average molecular weight is 242 g/mol. The smallest absolute Gasteiger partial charge is 0.0811 e. The fourth-order valence-corrected chi connectivity index (χ4v) is 2.02. The summed E-state index contributed by atoms with van der Waals surface area (Å²) in [6, 6.07) is 0. The van der Waals surface area contributed by atoms with Gasteiger partial charge >= 0.3 is 0 Å². The molecule has 0 saturated carbocycles. The van der Waals surface area contributed by atoms with E-state index in [-0.39, 0.29) is 0 Å². The molecule has 0 aliphatic rings. The predicted octanol–water partition coefficient (Wildman–Crippen LogP) is 4.26. The molecule has 3 nitrogen and oxygen atoms in total. The molecule has 0 aromatic heterocycles. The van der Waals surface area contributed by atoms with Crippen LogP contribution in [0.4, 0.5) is 0 Å². The molecule has 0 aliphatic heterocycles. The Kier molecular flexibility index (Phi) is 15.2. The lowest BCUT2D eigenvalue weighted by molar-refractivity contribution is 0.544. The number of nitrogens with zero attached hydrogens (tertiary/aromatic N) is 1. The van der Waals surface area contributed by atoms with Gasteiger partial charge in [-0.2, -0.15) is 4.91 Å². The molecule has 0 aromatic rings. The van der Waals surface area contributed by atoms with Crippen molar-refractivity contribution in [1.29, 1.82) is 0 Å². The molecule has 0 aliphatic carbocycles. The summed E-state index contributed by atoms with van der Waals surface area (Å²) in [6.45, 7) is 4.94. The number of nitrogens with one attached hydrogen (secondary N) is 1. The first-order valence-electron chi connectivity index (χ1n) is 7.41. The van der Waals surface area contributed by atoms with Gasteiger partial charge in [-0.1, -0.05) is 63.5 Å². The van der Waals surface area contributed by atoms with Crippen molar-refractivity contribution in [3.05, 3.63) is 4.91 Å². The molecular weight excluding hydrogens is 212 g/mol. The molecule has 0 saturated heterocycles. The van der Waals surface area contributed by atoms with E-state index in [1.54, 1.807) is 0 Å². The average Bonchev–Trinajstić information content (AvgIpc) is 2.35. The van der Waals surface area contributed by atoms with Crippen molar-refractivity contribution < 1.29 is 0 Å². The van der Waals surface area contributed by atoms with Crippen molar-refractivity contribution in [3.8, 4) is 0 Å². The van der Waals surface area contributed by atoms with Crippen molar-refractivity contribution in [1.82, 2.24) is 5.32 Å². The molecule has 0 aromatic carbocycles. The lowest BCUT2D eigenvalue weighted by atomic mass is 10.1. The zero-order valence-corrected chi connectivity index (χ0v) is 11.5. The fourth-order valence-electron chi connectivity index (χ4n) is 2.02. The predicted molar refractivity (Wildman–Crippen MR) is 75.4 cm³/mol. The third-order valence-corrected chi connectivity index (χ3v) is 3.10. The van der Waals surface area contributed by atoms with E-state index >= 15 is 0 Å². The SMILES string of the molecule is CCNCCCCCCCCCCCCN=O. The summed E-state index contributed by atoms with van der Waals surface area (Å²) >= 11 is 0. The molecule has 0 unspecified atom stereocenters. The van der Waals surface area contributed by atoms with Gasteiger partial charge in [0.2, 0.25) is 0 Å². The maximum absolute atomic E-state index is 9.85. The van der Waals surface area contributed by atoms with E-state index in [1.165, 1.54) is 64.3 Å². The zero-order chi connectivity index (χ0) is 12.6. The van der Waals surface area contributed by atoms with Crippen LogP contribution < -0.4 is 5.32 Å². The van der Waals surface area contributed by atoms with Crippen LogP contribution in [-0.4, -0.2) is 19.6 Å². The van der Waals surface area contributed by atoms with Gasteiger partial charge in [-0.15, -0.1) is 0 Å². The van der Waals surface area contributed by atoms with Crippen molar-refractivity contribution >= 4 is 0 Å². The molecule has 0 atom stereocenters. The van der Waals surface area contributed by atoms with Crippen molar-refractivity contribution in [2.24, 2.45) is 5.18 Å². The van der Waals surface area contributed by atoms with Gasteiger partial charge in [-0.25, -0.2) is 0 Å². The van der Waals surface area contributed by atoms with Crippen LogP contribution in [0.1, 0.15) is 71.1 Å². The third-order valence-electron chi connectivity index (χ3n) is 3.10. The van der Waals surface area contributed by atoms with E-state index in [2.05, 4.69) is 17.4 Å². The number of nitroso groups, excluding NO2 is 1. The molecule has 17 heavy (non-hydrogen) atoms. The highest BCUT2D eigenvalue weighted by atomic mass is 16.3. The molecule has 0 heterocycles. The van der Waals surface area contributed by atoms with Crippen LogP contribution in [0.2, 0.25) is 0 Å². The van der Waals surface area contributed by atoms with Gasteiger partial charge < -0.3 is 5.32 Å². The summed E-state index contributed by atoms with van der Waals surface area (Å²) in [6.07, 6.45) is 13.0. The molecule has 1 N–H and O–H groups in total. The van der Waals surface area contributed by atoms with Gasteiger partial charge in [-0.3, -0.25) is 0 Å². The molecule has 0 rings (SSSR count). The van der Waals surface area contributed by atoms with Crippen LogP contribution >= 0.6 is 0 Å². The van der Waals surface area contributed by atoms with E-state index in [0.717, 1.165) is 13.0 Å². The Morgan fingerprint density at radius 2 is 1.24 bits per heavy atom. The van der Waals surface area contributed by atoms with Crippen LogP contribution in [0.3, 0.4) is 0 Å². The molecule has 102 valence electrons. The van der Waals surface area contributed by atoms with Crippen LogP contribution in [0, 0.1) is 4.91 Å². The van der Waals surface area contributed by atoms with Crippen molar-refractivity contribution in [3.63, 3.8) is 0 Å². The van der Waals surface area contributed by atoms with Gasteiger partial charge in [0.1, 0.15) is 0 Å². The maximum Gasteiger partial charge on any atom is 0.0811 e. The Bertz CT molecular complexity index is 151. The molecule has 0 fully saturated rings. The Labute approximate surface area is 107 Å². The quantitative estimate of drug-likeness (QED) is 0.365. The number of rotatable bonds is 14. The Balaban J connectivity index is 2.87. The standard InChI is InChI=1S/C14H30N2O/c1-2-15-13-11-9-7-5-3-4-6-8-10-12-14-16-17/h15H,2-14H2,1H3. The number of hydrogen-bond donors (Lipinski definition) is 1. The van der Waals surface area contributed by atoms with E-state index in [9.17, 15) is 4.91 Å². The van der Waals surface area contributed by atoms with E-state index in [0.29, 0.717) is 6.54 Å². The van der Waals surface area contributed by atoms with Crippen molar-refractivity contribution in [2.45, 2.75) is 71.1 Å². The highest BCUT2D eigenvalue weighted by Gasteiger charge is 1.93.